The lowest BCUT2D eigenvalue weighted by molar-refractivity contribution is 0.0538. The number of hydrogen-bond acceptors (Lipinski definition) is 4. The standard InChI is InChI=1S/C27H26N4O2S/c1-20-12-13-24(34-20)27(33)30-16-14-29(15-17-30)26(32)23-19-31(18-21-8-4-2-5-9-21)28-25(23)22-10-6-3-7-11-22/h2-13,19H,14-18H2,1H3. The first-order valence-electron chi connectivity index (χ1n) is 11.4. The summed E-state index contributed by atoms with van der Waals surface area (Å²) in [6.07, 6.45) is 1.85. The van der Waals surface area contributed by atoms with Gasteiger partial charge in [-0.2, -0.15) is 5.10 Å². The largest absolute Gasteiger partial charge is 0.335 e. The van der Waals surface area contributed by atoms with Crippen molar-refractivity contribution in [3.63, 3.8) is 0 Å². The van der Waals surface area contributed by atoms with Crippen molar-refractivity contribution in [1.29, 1.82) is 0 Å². The number of aryl methyl sites for hydroxylation is 1. The average molecular weight is 471 g/mol. The monoisotopic (exact) mass is 470 g/mol. The van der Waals surface area contributed by atoms with Crippen LogP contribution in [-0.2, 0) is 6.54 Å². The molecule has 4 aromatic rings. The lowest BCUT2D eigenvalue weighted by atomic mass is 10.1. The lowest BCUT2D eigenvalue weighted by Gasteiger charge is -2.34. The van der Waals surface area contributed by atoms with Gasteiger partial charge in [0, 0.05) is 42.8 Å². The number of benzene rings is 2. The van der Waals surface area contributed by atoms with E-state index in [0.29, 0.717) is 44.0 Å². The molecule has 0 atom stereocenters. The fourth-order valence-electron chi connectivity index (χ4n) is 4.23. The minimum Gasteiger partial charge on any atom is -0.335 e. The molecule has 34 heavy (non-hydrogen) atoms. The maximum Gasteiger partial charge on any atom is 0.264 e. The predicted octanol–water partition coefficient (Wildman–Crippen LogP) is 4.57. The zero-order chi connectivity index (χ0) is 23.5. The lowest BCUT2D eigenvalue weighted by Crippen LogP contribution is -2.50. The summed E-state index contributed by atoms with van der Waals surface area (Å²) >= 11 is 1.51. The Labute approximate surface area is 203 Å². The zero-order valence-corrected chi connectivity index (χ0v) is 19.9. The molecule has 0 saturated carbocycles. The Kier molecular flexibility index (Phi) is 6.27. The zero-order valence-electron chi connectivity index (χ0n) is 19.1. The Morgan fingerprint density at radius 2 is 1.44 bits per heavy atom. The predicted molar refractivity (Wildman–Crippen MR) is 134 cm³/mol. The molecule has 1 saturated heterocycles. The highest BCUT2D eigenvalue weighted by molar-refractivity contribution is 7.13. The molecule has 2 amide bonds. The summed E-state index contributed by atoms with van der Waals surface area (Å²) in [6.45, 7) is 4.66. The summed E-state index contributed by atoms with van der Waals surface area (Å²) in [5.74, 6) is 0.00286. The van der Waals surface area contributed by atoms with Crippen LogP contribution < -0.4 is 0 Å². The van der Waals surface area contributed by atoms with Crippen molar-refractivity contribution >= 4 is 23.2 Å². The number of hydrogen-bond donors (Lipinski definition) is 0. The number of carbonyl (C=O) groups is 2. The van der Waals surface area contributed by atoms with Crippen LogP contribution in [0.5, 0.6) is 0 Å². The van der Waals surface area contributed by atoms with Crippen LogP contribution >= 0.6 is 11.3 Å². The Morgan fingerprint density at radius 1 is 0.824 bits per heavy atom. The van der Waals surface area contributed by atoms with Gasteiger partial charge in [0.2, 0.25) is 0 Å². The number of piperazine rings is 1. The van der Waals surface area contributed by atoms with Gasteiger partial charge in [0.1, 0.15) is 5.69 Å². The smallest absolute Gasteiger partial charge is 0.264 e. The first kappa shape index (κ1) is 22.1. The van der Waals surface area contributed by atoms with E-state index in [2.05, 4.69) is 12.1 Å². The molecule has 0 radical (unpaired) electrons. The van der Waals surface area contributed by atoms with E-state index in [1.54, 1.807) is 0 Å². The quantitative estimate of drug-likeness (QED) is 0.429. The van der Waals surface area contributed by atoms with Gasteiger partial charge in [0.05, 0.1) is 17.0 Å². The molecule has 2 aromatic carbocycles. The van der Waals surface area contributed by atoms with E-state index in [1.807, 2.05) is 88.3 Å². The third-order valence-electron chi connectivity index (χ3n) is 6.03. The molecule has 1 aliphatic rings. The second-order valence-corrected chi connectivity index (χ2v) is 9.72. The van der Waals surface area contributed by atoms with Gasteiger partial charge in [0.15, 0.2) is 0 Å². The minimum atomic E-state index is -0.0442. The second-order valence-electron chi connectivity index (χ2n) is 8.44. The van der Waals surface area contributed by atoms with E-state index >= 15 is 0 Å². The van der Waals surface area contributed by atoms with Crippen LogP contribution in [0.1, 0.15) is 30.5 Å². The van der Waals surface area contributed by atoms with Gasteiger partial charge in [-0.3, -0.25) is 14.3 Å². The van der Waals surface area contributed by atoms with E-state index in [0.717, 1.165) is 20.9 Å². The van der Waals surface area contributed by atoms with Gasteiger partial charge in [-0.15, -0.1) is 11.3 Å². The van der Waals surface area contributed by atoms with Crippen LogP contribution in [0.4, 0.5) is 0 Å². The third-order valence-corrected chi connectivity index (χ3v) is 7.02. The molecular formula is C27H26N4O2S. The number of aromatic nitrogens is 2. The van der Waals surface area contributed by atoms with Gasteiger partial charge in [-0.25, -0.2) is 0 Å². The van der Waals surface area contributed by atoms with E-state index in [-0.39, 0.29) is 11.8 Å². The van der Waals surface area contributed by atoms with Gasteiger partial charge >= 0.3 is 0 Å². The highest BCUT2D eigenvalue weighted by atomic mass is 32.1. The van der Waals surface area contributed by atoms with Crippen LogP contribution in [0.2, 0.25) is 0 Å². The second kappa shape index (κ2) is 9.65. The summed E-state index contributed by atoms with van der Waals surface area (Å²) in [6, 6.07) is 23.8. The number of rotatable bonds is 5. The van der Waals surface area contributed by atoms with Crippen molar-refractivity contribution in [2.24, 2.45) is 0 Å². The normalized spacial score (nSPS) is 13.8. The molecule has 1 fully saturated rings. The Morgan fingerprint density at radius 3 is 2.06 bits per heavy atom. The molecule has 0 bridgehead atoms. The summed E-state index contributed by atoms with van der Waals surface area (Å²) in [5, 5.41) is 4.78. The van der Waals surface area contributed by atoms with Crippen LogP contribution in [-0.4, -0.2) is 57.6 Å². The highest BCUT2D eigenvalue weighted by Gasteiger charge is 2.28. The summed E-state index contributed by atoms with van der Waals surface area (Å²) in [4.78, 5) is 31.9. The van der Waals surface area contributed by atoms with Crippen LogP contribution in [0.3, 0.4) is 0 Å². The fraction of sp³-hybridized carbons (Fsp3) is 0.222. The maximum atomic E-state index is 13.6. The molecule has 6 nitrogen and oxygen atoms in total. The molecule has 0 N–H and O–H groups in total. The van der Waals surface area contributed by atoms with Gasteiger partial charge in [0.25, 0.3) is 11.8 Å². The van der Waals surface area contributed by atoms with Crippen LogP contribution in [0, 0.1) is 6.92 Å². The Bertz CT molecular complexity index is 1290. The highest BCUT2D eigenvalue weighted by Crippen LogP contribution is 2.25. The van der Waals surface area contributed by atoms with Crippen molar-refractivity contribution in [3.05, 3.63) is 99.9 Å². The molecular weight excluding hydrogens is 444 g/mol. The van der Waals surface area contributed by atoms with Crippen LogP contribution in [0.15, 0.2) is 79.0 Å². The molecule has 0 aliphatic carbocycles. The SMILES string of the molecule is Cc1ccc(C(=O)N2CCN(C(=O)c3cn(Cc4ccccc4)nc3-c3ccccc3)CC2)s1. The molecule has 7 heteroatoms. The van der Waals surface area contributed by atoms with Gasteiger partial charge in [-0.05, 0) is 24.6 Å². The first-order chi connectivity index (χ1) is 16.6. The van der Waals surface area contributed by atoms with Crippen molar-refractivity contribution in [1.82, 2.24) is 19.6 Å². The van der Waals surface area contributed by atoms with Gasteiger partial charge in [-0.1, -0.05) is 60.7 Å². The van der Waals surface area contributed by atoms with E-state index in [1.165, 1.54) is 11.3 Å². The minimum absolute atomic E-state index is 0.0442. The molecule has 0 spiro atoms. The molecule has 2 aromatic heterocycles. The summed E-state index contributed by atoms with van der Waals surface area (Å²) < 4.78 is 1.84. The van der Waals surface area contributed by atoms with Gasteiger partial charge < -0.3 is 9.80 Å². The Balaban J connectivity index is 1.35. The van der Waals surface area contributed by atoms with E-state index in [9.17, 15) is 9.59 Å². The maximum absolute atomic E-state index is 13.6. The van der Waals surface area contributed by atoms with Crippen LogP contribution in [0.25, 0.3) is 11.3 Å². The Hall–Kier alpha value is -3.71. The summed E-state index contributed by atoms with van der Waals surface area (Å²) in [7, 11) is 0. The molecule has 5 rings (SSSR count). The summed E-state index contributed by atoms with van der Waals surface area (Å²) in [5.41, 5.74) is 3.32. The van der Waals surface area contributed by atoms with Crippen molar-refractivity contribution < 1.29 is 9.59 Å². The molecule has 0 unspecified atom stereocenters. The van der Waals surface area contributed by atoms with Crippen molar-refractivity contribution in [3.8, 4) is 11.3 Å². The topological polar surface area (TPSA) is 58.4 Å². The average Bonchev–Trinajstić information content (AvgIpc) is 3.51. The third kappa shape index (κ3) is 4.65. The fourth-order valence-corrected chi connectivity index (χ4v) is 5.06. The number of nitrogens with zero attached hydrogens (tertiary/aromatic N) is 4. The van der Waals surface area contributed by atoms with E-state index in [4.69, 9.17) is 5.10 Å². The van der Waals surface area contributed by atoms with E-state index < -0.39 is 0 Å². The number of thiophene rings is 1. The van der Waals surface area contributed by atoms with Crippen molar-refractivity contribution in [2.45, 2.75) is 13.5 Å². The molecule has 1 aliphatic heterocycles. The number of carbonyl (C=O) groups excluding carboxylic acids is 2. The molecule has 3 heterocycles. The van der Waals surface area contributed by atoms with Crippen molar-refractivity contribution in [2.75, 3.05) is 26.2 Å². The number of amides is 2. The molecule has 172 valence electrons. The first-order valence-corrected chi connectivity index (χ1v) is 12.2.